The molecule has 1 aromatic carbocycles. The van der Waals surface area contributed by atoms with Gasteiger partial charge in [0.05, 0.1) is 17.8 Å². The van der Waals surface area contributed by atoms with Crippen molar-refractivity contribution in [3.8, 4) is 0 Å². The molecule has 2 aliphatic heterocycles. The third kappa shape index (κ3) is 3.06. The summed E-state index contributed by atoms with van der Waals surface area (Å²) in [7, 11) is 0. The lowest BCUT2D eigenvalue weighted by Crippen LogP contribution is -2.50. The van der Waals surface area contributed by atoms with Gasteiger partial charge in [-0.15, -0.1) is 0 Å². The van der Waals surface area contributed by atoms with Gasteiger partial charge in [0.1, 0.15) is 5.82 Å². The number of aliphatic imine (C=N–C) groups is 2. The third-order valence-electron chi connectivity index (χ3n) is 4.60. The smallest absolute Gasteiger partial charge is 0.271 e. The summed E-state index contributed by atoms with van der Waals surface area (Å²) in [4.78, 5) is 26.9. The van der Waals surface area contributed by atoms with Crippen molar-refractivity contribution in [2.75, 3.05) is 0 Å². The van der Waals surface area contributed by atoms with Gasteiger partial charge in [-0.05, 0) is 17.7 Å². The molecule has 0 fully saturated rings. The number of primary amides is 1. The van der Waals surface area contributed by atoms with Crippen LogP contribution in [0.25, 0.3) is 0 Å². The van der Waals surface area contributed by atoms with Gasteiger partial charge in [0.15, 0.2) is 16.7 Å². The molecule has 0 radical (unpaired) electrons. The monoisotopic (exact) mass is 380 g/mol. The van der Waals surface area contributed by atoms with E-state index in [1.165, 1.54) is 0 Å². The largest absolute Gasteiger partial charge is 0.382 e. The topological polar surface area (TPSA) is 110 Å². The van der Waals surface area contributed by atoms with Gasteiger partial charge in [-0.2, -0.15) is 0 Å². The van der Waals surface area contributed by atoms with Crippen LogP contribution >= 0.6 is 11.6 Å². The van der Waals surface area contributed by atoms with Gasteiger partial charge in [0, 0.05) is 12.6 Å². The highest BCUT2D eigenvalue weighted by atomic mass is 35.5. The number of carbonyl (C=O) groups is 1. The zero-order valence-corrected chi connectivity index (χ0v) is 15.0. The van der Waals surface area contributed by atoms with Crippen LogP contribution in [0.3, 0.4) is 0 Å². The van der Waals surface area contributed by atoms with Crippen molar-refractivity contribution in [2.24, 2.45) is 21.5 Å². The molecule has 8 heteroatoms. The quantitative estimate of drug-likeness (QED) is 0.795. The average Bonchev–Trinajstić information content (AvgIpc) is 2.71. The maximum absolute atomic E-state index is 12.0. The fourth-order valence-electron chi connectivity index (χ4n) is 3.37. The van der Waals surface area contributed by atoms with E-state index in [0.717, 1.165) is 11.3 Å². The van der Waals surface area contributed by atoms with Gasteiger partial charge in [-0.3, -0.25) is 14.8 Å². The molecule has 2 aromatic rings. The molecule has 0 saturated heterocycles. The number of hydrogen-bond donors (Lipinski definition) is 2. The van der Waals surface area contributed by atoms with E-state index in [9.17, 15) is 4.79 Å². The Kier molecular flexibility index (Phi) is 4.37. The molecule has 136 valence electrons. The molecule has 4 rings (SSSR count). The summed E-state index contributed by atoms with van der Waals surface area (Å²) in [6, 6.07) is 15.0. The Hall–Kier alpha value is -3.19. The summed E-state index contributed by atoms with van der Waals surface area (Å²) in [5.41, 5.74) is 13.6. The lowest BCUT2D eigenvalue weighted by molar-refractivity contribution is -0.111. The number of hydrogen-bond acceptors (Lipinski definition) is 6. The third-order valence-corrected chi connectivity index (χ3v) is 4.88. The number of benzene rings is 1. The van der Waals surface area contributed by atoms with Gasteiger partial charge in [-0.25, -0.2) is 4.99 Å². The van der Waals surface area contributed by atoms with E-state index >= 15 is 0 Å². The number of pyridine rings is 1. The van der Waals surface area contributed by atoms with E-state index in [-0.39, 0.29) is 28.8 Å². The summed E-state index contributed by atoms with van der Waals surface area (Å²) >= 11 is 6.18. The molecule has 2 unspecified atom stereocenters. The van der Waals surface area contributed by atoms with E-state index < -0.39 is 5.91 Å². The number of aromatic nitrogens is 1. The molecule has 4 N–H and O–H groups in total. The standard InChI is InChI=1S/C19H17ClN6O/c20-16-17(21)26-14(11-6-2-1-3-7-11)10-13(12-8-4-5-9-23-12)24-19(26)15(25-16)18(22)27/h1-9,13-14H,10,21H2,(H2,22,27). The Balaban J connectivity index is 1.89. The maximum Gasteiger partial charge on any atom is 0.271 e. The van der Waals surface area contributed by atoms with Crippen LogP contribution in [0.1, 0.15) is 29.8 Å². The number of carbonyl (C=O) groups excluding carboxylic acids is 1. The van der Waals surface area contributed by atoms with Crippen LogP contribution in [0, 0.1) is 0 Å². The number of fused-ring (bicyclic) bond motifs is 1. The van der Waals surface area contributed by atoms with Crippen molar-refractivity contribution >= 4 is 29.1 Å². The van der Waals surface area contributed by atoms with Crippen molar-refractivity contribution in [1.29, 1.82) is 0 Å². The fraction of sp³-hybridized carbons (Fsp3) is 0.158. The second-order valence-corrected chi connectivity index (χ2v) is 6.61. The van der Waals surface area contributed by atoms with Gasteiger partial charge in [-0.1, -0.05) is 48.0 Å². The second kappa shape index (κ2) is 6.85. The Labute approximate surface area is 161 Å². The van der Waals surface area contributed by atoms with E-state index in [2.05, 4.69) is 9.98 Å². The Morgan fingerprint density at radius 2 is 1.89 bits per heavy atom. The average molecular weight is 381 g/mol. The number of amidine groups is 1. The summed E-state index contributed by atoms with van der Waals surface area (Å²) in [5, 5.41) is 0.0277. The number of halogens is 1. The highest BCUT2D eigenvalue weighted by Crippen LogP contribution is 2.40. The number of rotatable bonds is 3. The molecule has 1 aromatic heterocycles. The molecule has 2 atom stereocenters. The summed E-state index contributed by atoms with van der Waals surface area (Å²) in [5.74, 6) is -0.147. The van der Waals surface area contributed by atoms with Crippen LogP contribution in [-0.2, 0) is 4.79 Å². The minimum absolute atomic E-state index is 0.00392. The van der Waals surface area contributed by atoms with E-state index in [1.54, 1.807) is 11.1 Å². The lowest BCUT2D eigenvalue weighted by atomic mass is 9.93. The van der Waals surface area contributed by atoms with Gasteiger partial charge < -0.3 is 16.4 Å². The molecule has 0 aliphatic carbocycles. The van der Waals surface area contributed by atoms with Gasteiger partial charge in [0.2, 0.25) is 0 Å². The van der Waals surface area contributed by atoms with E-state index in [1.807, 2.05) is 48.5 Å². The van der Waals surface area contributed by atoms with Crippen molar-refractivity contribution < 1.29 is 4.79 Å². The van der Waals surface area contributed by atoms with Crippen LogP contribution in [0.2, 0.25) is 0 Å². The molecule has 0 spiro atoms. The molecular weight excluding hydrogens is 364 g/mol. The van der Waals surface area contributed by atoms with E-state index in [0.29, 0.717) is 12.3 Å². The first-order valence-electron chi connectivity index (χ1n) is 8.43. The van der Waals surface area contributed by atoms with Crippen LogP contribution in [-0.4, -0.2) is 27.3 Å². The van der Waals surface area contributed by atoms with Crippen LogP contribution < -0.4 is 11.5 Å². The highest BCUT2D eigenvalue weighted by Gasteiger charge is 2.40. The first-order valence-corrected chi connectivity index (χ1v) is 8.81. The Morgan fingerprint density at radius 3 is 2.56 bits per heavy atom. The van der Waals surface area contributed by atoms with Crippen molar-refractivity contribution in [3.63, 3.8) is 0 Å². The lowest BCUT2D eigenvalue weighted by Gasteiger charge is -2.41. The van der Waals surface area contributed by atoms with Gasteiger partial charge in [0.25, 0.3) is 5.91 Å². The maximum atomic E-state index is 12.0. The predicted molar refractivity (Wildman–Crippen MR) is 104 cm³/mol. The van der Waals surface area contributed by atoms with Crippen LogP contribution in [0.5, 0.6) is 0 Å². The molecule has 0 saturated carbocycles. The van der Waals surface area contributed by atoms with Crippen LogP contribution in [0.4, 0.5) is 0 Å². The SMILES string of the molecule is NC(=O)C1=NC(Cl)=C(N)N2C1=NC(c1ccccn1)CC2c1ccccc1. The summed E-state index contributed by atoms with van der Waals surface area (Å²) < 4.78 is 0. The predicted octanol–water partition coefficient (Wildman–Crippen LogP) is 2.23. The van der Waals surface area contributed by atoms with E-state index in [4.69, 9.17) is 28.1 Å². The molecule has 2 aliphatic rings. The Morgan fingerprint density at radius 1 is 1.15 bits per heavy atom. The number of nitrogens with zero attached hydrogens (tertiary/aromatic N) is 4. The highest BCUT2D eigenvalue weighted by molar-refractivity contribution is 6.67. The van der Waals surface area contributed by atoms with Crippen molar-refractivity contribution in [3.05, 3.63) is 77.0 Å². The van der Waals surface area contributed by atoms with Crippen molar-refractivity contribution in [1.82, 2.24) is 9.88 Å². The zero-order chi connectivity index (χ0) is 19.0. The first kappa shape index (κ1) is 17.2. The fourth-order valence-corrected chi connectivity index (χ4v) is 3.55. The minimum atomic E-state index is -0.710. The van der Waals surface area contributed by atoms with Crippen molar-refractivity contribution in [2.45, 2.75) is 18.5 Å². The first-order chi connectivity index (χ1) is 13.1. The normalized spacial score (nSPS) is 22.0. The zero-order valence-electron chi connectivity index (χ0n) is 14.3. The molecule has 27 heavy (non-hydrogen) atoms. The number of nitrogens with two attached hydrogens (primary N) is 2. The van der Waals surface area contributed by atoms with Crippen LogP contribution in [0.15, 0.2) is 75.7 Å². The molecule has 7 nitrogen and oxygen atoms in total. The number of amides is 1. The van der Waals surface area contributed by atoms with Gasteiger partial charge >= 0.3 is 0 Å². The molecule has 3 heterocycles. The summed E-state index contributed by atoms with van der Waals surface area (Å²) in [6.45, 7) is 0. The summed E-state index contributed by atoms with van der Waals surface area (Å²) in [6.07, 6.45) is 2.33. The molecule has 1 amide bonds. The molecule has 0 bridgehead atoms. The minimum Gasteiger partial charge on any atom is -0.382 e. The second-order valence-electron chi connectivity index (χ2n) is 6.26. The molecular formula is C19H17ClN6O. The Bertz CT molecular complexity index is 970.